The van der Waals surface area contributed by atoms with Crippen molar-refractivity contribution in [3.63, 3.8) is 0 Å². The van der Waals surface area contributed by atoms with Gasteiger partial charge in [0.1, 0.15) is 0 Å². The number of hydrogen-bond acceptors (Lipinski definition) is 1. The van der Waals surface area contributed by atoms with E-state index in [9.17, 15) is 0 Å². The molecule has 0 radical (unpaired) electrons. The molecule has 0 aliphatic heterocycles. The van der Waals surface area contributed by atoms with Gasteiger partial charge in [-0.05, 0) is 0 Å². The van der Waals surface area contributed by atoms with Gasteiger partial charge in [0, 0.05) is 0 Å². The van der Waals surface area contributed by atoms with Crippen LogP contribution in [0, 0.1) is 0 Å². The van der Waals surface area contributed by atoms with Crippen LogP contribution in [0.2, 0.25) is 11.9 Å². The first-order valence-corrected chi connectivity index (χ1v) is 14.4. The predicted molar refractivity (Wildman–Crippen MR) is 66.8 cm³/mol. The van der Waals surface area contributed by atoms with Gasteiger partial charge >= 0.3 is 93.9 Å². The average molecular weight is 396 g/mol. The Morgan fingerprint density at radius 1 is 0.643 bits per heavy atom. The first-order chi connectivity index (χ1) is 6.35. The smallest absolute Gasteiger partial charge is 0.870 e. The second-order valence-electron chi connectivity index (χ2n) is 4.06. The minimum Gasteiger partial charge on any atom is -0.870 e. The minimum absolute atomic E-state index is 0. The third kappa shape index (κ3) is 11.0. The van der Waals surface area contributed by atoms with Crippen LogP contribution >= 0.6 is 0 Å². The molecule has 1 nitrogen and oxygen atoms in total. The Labute approximate surface area is 99.1 Å². The summed E-state index contributed by atoms with van der Waals surface area (Å²) in [5.41, 5.74) is 0. The van der Waals surface area contributed by atoms with Gasteiger partial charge in [0.05, 0.1) is 0 Å². The van der Waals surface area contributed by atoms with E-state index >= 15 is 0 Å². The maximum atomic E-state index is 2.34. The zero-order chi connectivity index (χ0) is 9.94. The van der Waals surface area contributed by atoms with Crippen molar-refractivity contribution >= 4 is 22.7 Å². The second kappa shape index (κ2) is 13.9. The molecule has 0 spiro atoms. The van der Waals surface area contributed by atoms with Crippen molar-refractivity contribution in [1.29, 1.82) is 0 Å². The average Bonchev–Trinajstić information content (AvgIpc) is 2.17. The molecule has 0 amide bonds. The molecular weight excluding hydrogens is 367 g/mol. The largest absolute Gasteiger partial charge is 0.870 e. The molecule has 14 heavy (non-hydrogen) atoms. The Balaban J connectivity index is 0. The third-order valence-electron chi connectivity index (χ3n) is 2.65. The van der Waals surface area contributed by atoms with Crippen molar-refractivity contribution < 1.29 is 5.48 Å². The summed E-state index contributed by atoms with van der Waals surface area (Å²) in [5, 5.41) is 0. The molecular formula is C12H28OPb. The Bertz CT molecular complexity index is 77.3. The van der Waals surface area contributed by atoms with Crippen LogP contribution < -0.4 is 0 Å². The molecule has 0 aliphatic rings. The first kappa shape index (κ1) is 17.3. The molecule has 0 fully saturated rings. The summed E-state index contributed by atoms with van der Waals surface area (Å²) in [4.78, 5) is 0. The second-order valence-corrected chi connectivity index (χ2v) is 15.7. The molecule has 0 heterocycles. The maximum Gasteiger partial charge on any atom is -0.870 e. The van der Waals surface area contributed by atoms with Gasteiger partial charge in [-0.3, -0.25) is 0 Å². The van der Waals surface area contributed by atoms with Crippen LogP contribution in [-0.2, 0) is 0 Å². The number of hydrogen-bond donors (Lipinski definition) is 0. The summed E-state index contributed by atoms with van der Waals surface area (Å²) in [6.07, 6.45) is 8.88. The van der Waals surface area contributed by atoms with Crippen molar-refractivity contribution in [1.82, 2.24) is 0 Å². The molecule has 1 N–H and O–H groups in total. The Morgan fingerprint density at radius 3 is 1.14 bits per heavy atom. The topological polar surface area (TPSA) is 30.0 Å². The monoisotopic (exact) mass is 396 g/mol. The van der Waals surface area contributed by atoms with E-state index in [0.29, 0.717) is 0 Å². The summed E-state index contributed by atoms with van der Waals surface area (Å²) in [5.74, 6) is 0. The van der Waals surface area contributed by atoms with E-state index in [0.717, 1.165) is 0 Å². The van der Waals surface area contributed by atoms with Crippen LogP contribution in [0.3, 0.4) is 0 Å². The summed E-state index contributed by atoms with van der Waals surface area (Å²) in [6.45, 7) is 7.01. The fraction of sp³-hybridized carbons (Fsp3) is 1.00. The van der Waals surface area contributed by atoms with Gasteiger partial charge in [-0.2, -0.15) is 0 Å². The zero-order valence-electron chi connectivity index (χ0n) is 10.3. The van der Waals surface area contributed by atoms with Crippen molar-refractivity contribution in [3.05, 3.63) is 0 Å². The van der Waals surface area contributed by atoms with Gasteiger partial charge < -0.3 is 5.48 Å². The molecule has 0 aliphatic carbocycles. The number of unbranched alkanes of at least 4 members (excludes halogenated alkanes) is 3. The standard InChI is InChI=1S/3C4H9.H2O.Pb/c3*1-3-4-2;;/h3*1,3-4H2,2H3;1H2;/q;;;;+1/p-1. The molecule has 0 saturated heterocycles. The van der Waals surface area contributed by atoms with Gasteiger partial charge in [0.15, 0.2) is 0 Å². The molecule has 0 aromatic heterocycles. The Kier molecular flexibility index (Phi) is 17.1. The van der Waals surface area contributed by atoms with E-state index in [-0.39, 0.29) is 5.48 Å². The van der Waals surface area contributed by atoms with Gasteiger partial charge in [-0.15, -0.1) is 0 Å². The van der Waals surface area contributed by atoms with Crippen LogP contribution in [0.5, 0.6) is 0 Å². The van der Waals surface area contributed by atoms with Crippen LogP contribution in [0.25, 0.3) is 0 Å². The van der Waals surface area contributed by atoms with Gasteiger partial charge in [-0.1, -0.05) is 0 Å². The summed E-state index contributed by atoms with van der Waals surface area (Å²) >= 11 is -0.995. The fourth-order valence-electron chi connectivity index (χ4n) is 1.66. The van der Waals surface area contributed by atoms with Crippen LogP contribution in [-0.4, -0.2) is 28.2 Å². The van der Waals surface area contributed by atoms with Crippen molar-refractivity contribution in [2.24, 2.45) is 0 Å². The molecule has 0 saturated carbocycles. The van der Waals surface area contributed by atoms with Crippen LogP contribution in [0.4, 0.5) is 0 Å². The summed E-state index contributed by atoms with van der Waals surface area (Å²) < 4.78 is 5.09. The SMILES string of the molecule is CCC[CH2][Pb+]([CH2]CCC)[CH2]CCC.[OH-]. The van der Waals surface area contributed by atoms with Crippen molar-refractivity contribution in [2.45, 2.75) is 71.2 Å². The third-order valence-corrected chi connectivity index (χ3v) is 15.0. The number of rotatable bonds is 9. The van der Waals surface area contributed by atoms with Gasteiger partial charge in [0.2, 0.25) is 0 Å². The summed E-state index contributed by atoms with van der Waals surface area (Å²) in [7, 11) is 0. The predicted octanol–water partition coefficient (Wildman–Crippen LogP) is 4.70. The van der Waals surface area contributed by atoms with Crippen molar-refractivity contribution in [2.75, 3.05) is 0 Å². The van der Waals surface area contributed by atoms with E-state index < -0.39 is 22.7 Å². The van der Waals surface area contributed by atoms with E-state index in [1.165, 1.54) is 38.5 Å². The zero-order valence-corrected chi connectivity index (χ0v) is 14.2. The summed E-state index contributed by atoms with van der Waals surface area (Å²) in [6, 6.07) is 0. The van der Waals surface area contributed by atoms with Gasteiger partial charge in [-0.25, -0.2) is 0 Å². The fourth-order valence-corrected chi connectivity index (χ4v) is 14.5. The Hall–Kier alpha value is 0.882. The first-order valence-electron chi connectivity index (χ1n) is 6.18. The minimum atomic E-state index is -0.995. The molecule has 0 rings (SSSR count). The van der Waals surface area contributed by atoms with E-state index in [2.05, 4.69) is 20.8 Å². The molecule has 0 unspecified atom stereocenters. The quantitative estimate of drug-likeness (QED) is 0.520. The normalized spacial score (nSPS) is 9.64. The maximum absolute atomic E-state index is 2.34. The van der Waals surface area contributed by atoms with Crippen LogP contribution in [0.1, 0.15) is 59.3 Å². The molecule has 0 aromatic rings. The molecule has 0 atom stereocenters. The molecule has 0 aromatic carbocycles. The molecule has 2 heteroatoms. The molecule has 0 bridgehead atoms. The van der Waals surface area contributed by atoms with E-state index in [1.54, 1.807) is 11.9 Å². The van der Waals surface area contributed by atoms with Crippen molar-refractivity contribution in [3.8, 4) is 0 Å². The molecule has 86 valence electrons. The van der Waals surface area contributed by atoms with E-state index in [1.807, 2.05) is 0 Å². The van der Waals surface area contributed by atoms with E-state index in [4.69, 9.17) is 0 Å². The van der Waals surface area contributed by atoms with Crippen LogP contribution in [0.15, 0.2) is 0 Å². The van der Waals surface area contributed by atoms with Gasteiger partial charge in [0.25, 0.3) is 0 Å². The Morgan fingerprint density at radius 2 is 0.929 bits per heavy atom.